The molecule has 0 aliphatic carbocycles. The van der Waals surface area contributed by atoms with E-state index in [0.717, 1.165) is 5.75 Å². The van der Waals surface area contributed by atoms with Crippen LogP contribution in [0, 0.1) is 6.92 Å². The van der Waals surface area contributed by atoms with Gasteiger partial charge in [-0.1, -0.05) is 48.0 Å². The zero-order valence-electron chi connectivity index (χ0n) is 12.5. The predicted octanol–water partition coefficient (Wildman–Crippen LogP) is 4.11. The van der Waals surface area contributed by atoms with Crippen LogP contribution in [0.5, 0.6) is 5.75 Å². The van der Waals surface area contributed by atoms with Gasteiger partial charge in [0, 0.05) is 12.1 Å². The summed E-state index contributed by atoms with van der Waals surface area (Å²) in [4.78, 5) is 0. The first kappa shape index (κ1) is 14.6. The molecule has 0 heterocycles. The van der Waals surface area contributed by atoms with Crippen LogP contribution in [0.4, 0.5) is 0 Å². The number of ether oxygens (including phenoxy) is 1. The number of benzene rings is 2. The highest BCUT2D eigenvalue weighted by Crippen LogP contribution is 2.14. The molecule has 1 N–H and O–H groups in total. The maximum atomic E-state index is 5.80. The summed E-state index contributed by atoms with van der Waals surface area (Å²) >= 11 is 0. The Morgan fingerprint density at radius 2 is 1.60 bits per heavy atom. The second-order valence-electron chi connectivity index (χ2n) is 5.32. The van der Waals surface area contributed by atoms with E-state index in [2.05, 4.69) is 62.5 Å². The molecule has 2 rings (SSSR count). The number of rotatable bonds is 6. The van der Waals surface area contributed by atoms with Crippen LogP contribution in [0.25, 0.3) is 0 Å². The molecule has 2 aromatic carbocycles. The van der Waals surface area contributed by atoms with E-state index in [1.807, 2.05) is 18.2 Å². The van der Waals surface area contributed by atoms with E-state index in [1.165, 1.54) is 11.1 Å². The van der Waals surface area contributed by atoms with E-state index >= 15 is 0 Å². The highest BCUT2D eigenvalue weighted by atomic mass is 16.5. The second kappa shape index (κ2) is 7.11. The lowest BCUT2D eigenvalue weighted by atomic mass is 10.1. The minimum atomic E-state index is 0.298. The Morgan fingerprint density at radius 1 is 0.950 bits per heavy atom. The molecule has 0 saturated carbocycles. The van der Waals surface area contributed by atoms with Crippen molar-refractivity contribution in [2.45, 2.75) is 32.9 Å². The Bertz CT molecular complexity index is 507. The lowest BCUT2D eigenvalue weighted by Crippen LogP contribution is -2.33. The molecule has 2 unspecified atom stereocenters. The summed E-state index contributed by atoms with van der Waals surface area (Å²) in [6.07, 6.45) is 0. The Hall–Kier alpha value is -1.80. The van der Waals surface area contributed by atoms with Crippen molar-refractivity contribution in [3.8, 4) is 5.75 Å². The van der Waals surface area contributed by atoms with Gasteiger partial charge in [0.15, 0.2) is 0 Å². The smallest absolute Gasteiger partial charge is 0.119 e. The molecule has 0 radical (unpaired) electrons. The second-order valence-corrected chi connectivity index (χ2v) is 5.32. The molecule has 0 amide bonds. The van der Waals surface area contributed by atoms with Crippen molar-refractivity contribution in [1.29, 1.82) is 0 Å². The maximum Gasteiger partial charge on any atom is 0.119 e. The maximum absolute atomic E-state index is 5.80. The minimum absolute atomic E-state index is 0.298. The molecule has 0 aromatic heterocycles. The summed E-state index contributed by atoms with van der Waals surface area (Å²) in [5, 5.41) is 3.55. The molecular weight excluding hydrogens is 246 g/mol. The van der Waals surface area contributed by atoms with Gasteiger partial charge in [-0.25, -0.2) is 0 Å². The van der Waals surface area contributed by atoms with Crippen LogP contribution in [0.15, 0.2) is 54.6 Å². The third-order valence-electron chi connectivity index (χ3n) is 3.36. The van der Waals surface area contributed by atoms with E-state index in [4.69, 9.17) is 4.74 Å². The molecule has 2 heteroatoms. The number of aryl methyl sites for hydroxylation is 1. The SMILES string of the molecule is Cc1ccc(OCC(C)NC(C)c2ccccc2)cc1. The van der Waals surface area contributed by atoms with Gasteiger partial charge in [-0.15, -0.1) is 0 Å². The average molecular weight is 269 g/mol. The van der Waals surface area contributed by atoms with Crippen molar-refractivity contribution < 1.29 is 4.74 Å². The van der Waals surface area contributed by atoms with Crippen LogP contribution in [-0.2, 0) is 0 Å². The fourth-order valence-electron chi connectivity index (χ4n) is 2.17. The Balaban J connectivity index is 1.80. The average Bonchev–Trinajstić information content (AvgIpc) is 2.47. The van der Waals surface area contributed by atoms with E-state index in [1.54, 1.807) is 0 Å². The van der Waals surface area contributed by atoms with Gasteiger partial charge in [-0.2, -0.15) is 0 Å². The van der Waals surface area contributed by atoms with Crippen LogP contribution in [0.2, 0.25) is 0 Å². The van der Waals surface area contributed by atoms with Gasteiger partial charge in [0.1, 0.15) is 12.4 Å². The molecule has 0 bridgehead atoms. The van der Waals surface area contributed by atoms with Gasteiger partial charge in [0.05, 0.1) is 0 Å². The van der Waals surface area contributed by atoms with Crippen molar-refractivity contribution in [2.75, 3.05) is 6.61 Å². The molecule has 0 fully saturated rings. The van der Waals surface area contributed by atoms with Crippen molar-refractivity contribution in [2.24, 2.45) is 0 Å². The molecule has 0 spiro atoms. The molecule has 0 aliphatic rings. The summed E-state index contributed by atoms with van der Waals surface area (Å²) in [7, 11) is 0. The molecule has 0 aliphatic heterocycles. The molecule has 2 atom stereocenters. The van der Waals surface area contributed by atoms with Crippen LogP contribution >= 0.6 is 0 Å². The molecule has 0 saturated heterocycles. The summed E-state index contributed by atoms with van der Waals surface area (Å²) < 4.78 is 5.80. The first-order chi connectivity index (χ1) is 9.65. The van der Waals surface area contributed by atoms with Gasteiger partial charge in [-0.3, -0.25) is 0 Å². The first-order valence-corrected chi connectivity index (χ1v) is 7.15. The van der Waals surface area contributed by atoms with Gasteiger partial charge >= 0.3 is 0 Å². The van der Waals surface area contributed by atoms with E-state index < -0.39 is 0 Å². The topological polar surface area (TPSA) is 21.3 Å². The molecule has 2 nitrogen and oxygen atoms in total. The van der Waals surface area contributed by atoms with Gasteiger partial charge < -0.3 is 10.1 Å². The standard InChI is InChI=1S/C18H23NO/c1-14-9-11-18(12-10-14)20-13-15(2)19-16(3)17-7-5-4-6-8-17/h4-12,15-16,19H,13H2,1-3H3. The summed E-state index contributed by atoms with van der Waals surface area (Å²) in [6.45, 7) is 7.07. The fourth-order valence-corrected chi connectivity index (χ4v) is 2.17. The highest BCUT2D eigenvalue weighted by molar-refractivity contribution is 5.26. The van der Waals surface area contributed by atoms with Crippen LogP contribution in [-0.4, -0.2) is 12.6 Å². The van der Waals surface area contributed by atoms with Crippen LogP contribution in [0.1, 0.15) is 31.0 Å². The molecular formula is C18H23NO. The van der Waals surface area contributed by atoms with Crippen LogP contribution in [0.3, 0.4) is 0 Å². The summed E-state index contributed by atoms with van der Waals surface area (Å²) in [5.74, 6) is 0.927. The zero-order valence-corrected chi connectivity index (χ0v) is 12.5. The number of nitrogens with one attached hydrogen (secondary N) is 1. The quantitative estimate of drug-likeness (QED) is 0.852. The minimum Gasteiger partial charge on any atom is -0.492 e. The van der Waals surface area contributed by atoms with Crippen LogP contribution < -0.4 is 10.1 Å². The lowest BCUT2D eigenvalue weighted by molar-refractivity contribution is 0.264. The van der Waals surface area contributed by atoms with Crippen molar-refractivity contribution in [3.05, 3.63) is 65.7 Å². The van der Waals surface area contributed by atoms with Gasteiger partial charge in [-0.05, 0) is 38.5 Å². The predicted molar refractivity (Wildman–Crippen MR) is 84.1 cm³/mol. The summed E-state index contributed by atoms with van der Waals surface area (Å²) in [5.41, 5.74) is 2.55. The van der Waals surface area contributed by atoms with Gasteiger partial charge in [0.25, 0.3) is 0 Å². The van der Waals surface area contributed by atoms with E-state index in [-0.39, 0.29) is 0 Å². The Kier molecular flexibility index (Phi) is 5.19. The highest BCUT2D eigenvalue weighted by Gasteiger charge is 2.09. The first-order valence-electron chi connectivity index (χ1n) is 7.15. The lowest BCUT2D eigenvalue weighted by Gasteiger charge is -2.20. The number of hydrogen-bond acceptors (Lipinski definition) is 2. The monoisotopic (exact) mass is 269 g/mol. The van der Waals surface area contributed by atoms with Crippen molar-refractivity contribution in [3.63, 3.8) is 0 Å². The number of hydrogen-bond donors (Lipinski definition) is 1. The molecule has 2 aromatic rings. The third kappa shape index (κ3) is 4.39. The zero-order chi connectivity index (χ0) is 14.4. The molecule has 106 valence electrons. The van der Waals surface area contributed by atoms with Crippen molar-refractivity contribution in [1.82, 2.24) is 5.32 Å². The van der Waals surface area contributed by atoms with Gasteiger partial charge in [0.2, 0.25) is 0 Å². The fraction of sp³-hybridized carbons (Fsp3) is 0.333. The van der Waals surface area contributed by atoms with E-state index in [0.29, 0.717) is 18.7 Å². The molecule has 20 heavy (non-hydrogen) atoms. The third-order valence-corrected chi connectivity index (χ3v) is 3.36. The van der Waals surface area contributed by atoms with E-state index in [9.17, 15) is 0 Å². The Labute approximate surface area is 121 Å². The normalized spacial score (nSPS) is 13.8. The summed E-state index contributed by atoms with van der Waals surface area (Å²) in [6, 6.07) is 19.3. The van der Waals surface area contributed by atoms with Crippen molar-refractivity contribution >= 4 is 0 Å². The largest absolute Gasteiger partial charge is 0.492 e. The Morgan fingerprint density at radius 3 is 2.25 bits per heavy atom.